The summed E-state index contributed by atoms with van der Waals surface area (Å²) in [7, 11) is 1.79. The number of rotatable bonds is 4. The van der Waals surface area contributed by atoms with E-state index in [0.717, 1.165) is 31.7 Å². The van der Waals surface area contributed by atoms with Gasteiger partial charge in [0.15, 0.2) is 0 Å². The Labute approximate surface area is 120 Å². The van der Waals surface area contributed by atoms with E-state index in [1.54, 1.807) is 7.05 Å². The van der Waals surface area contributed by atoms with E-state index in [-0.39, 0.29) is 24.4 Å². The summed E-state index contributed by atoms with van der Waals surface area (Å²) in [6.45, 7) is 2.00. The number of hydrogen-bond acceptors (Lipinski definition) is 3. The van der Waals surface area contributed by atoms with Gasteiger partial charge in [0, 0.05) is 25.9 Å². The van der Waals surface area contributed by atoms with Crippen LogP contribution in [0.15, 0.2) is 30.3 Å². The average Bonchev–Trinajstić information content (AvgIpc) is 2.41. The third kappa shape index (κ3) is 4.73. The molecule has 0 aliphatic carbocycles. The van der Waals surface area contributed by atoms with Gasteiger partial charge in [-0.15, -0.1) is 12.4 Å². The smallest absolute Gasteiger partial charge is 0.236 e. The van der Waals surface area contributed by atoms with E-state index >= 15 is 0 Å². The van der Waals surface area contributed by atoms with Crippen LogP contribution in [0.5, 0.6) is 5.75 Å². The van der Waals surface area contributed by atoms with Crippen LogP contribution in [-0.2, 0) is 4.79 Å². The summed E-state index contributed by atoms with van der Waals surface area (Å²) in [6, 6.07) is 9.87. The number of carbonyl (C=O) groups is 1. The van der Waals surface area contributed by atoms with E-state index in [2.05, 4.69) is 5.32 Å². The number of nitrogens with zero attached hydrogens (tertiary/aromatic N) is 1. The van der Waals surface area contributed by atoms with Gasteiger partial charge in [0.05, 0.1) is 6.54 Å². The third-order valence-electron chi connectivity index (χ3n) is 3.17. The summed E-state index contributed by atoms with van der Waals surface area (Å²) in [4.78, 5) is 13.6. The molecule has 0 spiro atoms. The van der Waals surface area contributed by atoms with Crippen molar-refractivity contribution in [2.24, 2.45) is 0 Å². The number of benzene rings is 1. The fourth-order valence-corrected chi connectivity index (χ4v) is 2.18. The van der Waals surface area contributed by atoms with Crippen LogP contribution in [0.2, 0.25) is 0 Å². The molecule has 106 valence electrons. The van der Waals surface area contributed by atoms with Gasteiger partial charge in [-0.3, -0.25) is 4.79 Å². The maximum absolute atomic E-state index is 11.7. The first-order valence-corrected chi connectivity index (χ1v) is 6.43. The molecular weight excluding hydrogens is 264 g/mol. The first kappa shape index (κ1) is 15.8. The quantitative estimate of drug-likeness (QED) is 0.915. The molecule has 1 saturated heterocycles. The molecule has 1 N–H and O–H groups in total. The predicted octanol–water partition coefficient (Wildman–Crippen LogP) is 1.70. The first-order valence-electron chi connectivity index (χ1n) is 6.43. The minimum Gasteiger partial charge on any atom is -0.490 e. The highest BCUT2D eigenvalue weighted by Crippen LogP contribution is 2.18. The maximum Gasteiger partial charge on any atom is 0.236 e. The third-order valence-corrected chi connectivity index (χ3v) is 3.17. The Balaban J connectivity index is 0.00000180. The fourth-order valence-electron chi connectivity index (χ4n) is 2.18. The van der Waals surface area contributed by atoms with Crippen LogP contribution in [0.3, 0.4) is 0 Å². The van der Waals surface area contributed by atoms with Crippen LogP contribution < -0.4 is 10.1 Å². The van der Waals surface area contributed by atoms with Gasteiger partial charge in [-0.1, -0.05) is 18.2 Å². The number of likely N-dealkylation sites (N-methyl/N-ethyl adjacent to an activating group) is 1. The van der Waals surface area contributed by atoms with Crippen molar-refractivity contribution in [3.05, 3.63) is 30.3 Å². The van der Waals surface area contributed by atoms with E-state index in [0.29, 0.717) is 6.54 Å². The van der Waals surface area contributed by atoms with Crippen molar-refractivity contribution >= 4 is 18.3 Å². The molecular formula is C14H21ClN2O2. The molecule has 1 aromatic carbocycles. The van der Waals surface area contributed by atoms with E-state index in [1.807, 2.05) is 35.2 Å². The number of para-hydroxylation sites is 1. The Morgan fingerprint density at radius 2 is 1.95 bits per heavy atom. The summed E-state index contributed by atoms with van der Waals surface area (Å²) >= 11 is 0. The lowest BCUT2D eigenvalue weighted by Gasteiger charge is -2.32. The van der Waals surface area contributed by atoms with Crippen LogP contribution >= 0.6 is 12.4 Å². The zero-order valence-electron chi connectivity index (χ0n) is 11.2. The Morgan fingerprint density at radius 3 is 2.53 bits per heavy atom. The van der Waals surface area contributed by atoms with Gasteiger partial charge >= 0.3 is 0 Å². The summed E-state index contributed by atoms with van der Waals surface area (Å²) in [5.74, 6) is 1.09. The van der Waals surface area contributed by atoms with E-state index in [9.17, 15) is 4.79 Å². The highest BCUT2D eigenvalue weighted by atomic mass is 35.5. The lowest BCUT2D eigenvalue weighted by atomic mass is 10.1. The van der Waals surface area contributed by atoms with Gasteiger partial charge in [-0.05, 0) is 19.2 Å². The fraction of sp³-hybridized carbons (Fsp3) is 0.500. The molecule has 1 aliphatic heterocycles. The molecule has 0 radical (unpaired) electrons. The van der Waals surface area contributed by atoms with Crippen molar-refractivity contribution in [2.45, 2.75) is 18.9 Å². The number of likely N-dealkylation sites (tertiary alicyclic amines) is 1. The largest absolute Gasteiger partial charge is 0.490 e. The van der Waals surface area contributed by atoms with Crippen molar-refractivity contribution in [1.82, 2.24) is 10.2 Å². The Bertz CT molecular complexity index is 378. The highest BCUT2D eigenvalue weighted by Gasteiger charge is 2.23. The standard InChI is InChI=1S/C14H20N2O2.ClH/c1-15-11-14(17)16-9-7-13(8-10-16)18-12-5-3-2-4-6-12;/h2-6,13,15H,7-11H2,1H3;1H. The van der Waals surface area contributed by atoms with Gasteiger partial charge in [0.1, 0.15) is 11.9 Å². The topological polar surface area (TPSA) is 41.6 Å². The molecule has 1 heterocycles. The van der Waals surface area contributed by atoms with Crippen molar-refractivity contribution < 1.29 is 9.53 Å². The Morgan fingerprint density at radius 1 is 1.32 bits per heavy atom. The van der Waals surface area contributed by atoms with Crippen LogP contribution in [0.1, 0.15) is 12.8 Å². The summed E-state index contributed by atoms with van der Waals surface area (Å²) in [5.41, 5.74) is 0. The number of halogens is 1. The minimum absolute atomic E-state index is 0. The number of hydrogen-bond donors (Lipinski definition) is 1. The summed E-state index contributed by atoms with van der Waals surface area (Å²) in [5, 5.41) is 2.89. The zero-order valence-corrected chi connectivity index (χ0v) is 12.0. The molecule has 1 aliphatic rings. The highest BCUT2D eigenvalue weighted by molar-refractivity contribution is 5.85. The van der Waals surface area contributed by atoms with Gasteiger partial charge in [-0.25, -0.2) is 0 Å². The number of carbonyl (C=O) groups excluding carboxylic acids is 1. The zero-order chi connectivity index (χ0) is 12.8. The Hall–Kier alpha value is -1.26. The number of ether oxygens (including phenoxy) is 1. The molecule has 0 unspecified atom stereocenters. The van der Waals surface area contributed by atoms with Crippen molar-refractivity contribution in [1.29, 1.82) is 0 Å². The monoisotopic (exact) mass is 284 g/mol. The lowest BCUT2D eigenvalue weighted by Crippen LogP contribution is -2.44. The van der Waals surface area contributed by atoms with Crippen LogP contribution in [-0.4, -0.2) is 43.6 Å². The normalized spacial score (nSPS) is 15.7. The molecule has 2 rings (SSSR count). The molecule has 19 heavy (non-hydrogen) atoms. The molecule has 0 saturated carbocycles. The predicted molar refractivity (Wildman–Crippen MR) is 77.8 cm³/mol. The molecule has 1 fully saturated rings. The molecule has 1 amide bonds. The summed E-state index contributed by atoms with van der Waals surface area (Å²) < 4.78 is 5.89. The van der Waals surface area contributed by atoms with Gasteiger partial charge < -0.3 is 15.0 Å². The summed E-state index contributed by atoms with van der Waals surface area (Å²) in [6.07, 6.45) is 2.04. The van der Waals surface area contributed by atoms with Gasteiger partial charge in [0.25, 0.3) is 0 Å². The number of nitrogens with one attached hydrogen (secondary N) is 1. The second-order valence-corrected chi connectivity index (χ2v) is 4.54. The molecule has 4 nitrogen and oxygen atoms in total. The maximum atomic E-state index is 11.7. The SMILES string of the molecule is CNCC(=O)N1CCC(Oc2ccccc2)CC1.Cl. The van der Waals surface area contributed by atoms with Gasteiger partial charge in [-0.2, -0.15) is 0 Å². The Kier molecular flexibility index (Phi) is 6.67. The molecule has 0 atom stereocenters. The number of amides is 1. The molecule has 0 bridgehead atoms. The van der Waals surface area contributed by atoms with Crippen LogP contribution in [0.25, 0.3) is 0 Å². The number of piperidine rings is 1. The van der Waals surface area contributed by atoms with Crippen LogP contribution in [0, 0.1) is 0 Å². The molecule has 1 aromatic rings. The van der Waals surface area contributed by atoms with Gasteiger partial charge in [0.2, 0.25) is 5.91 Å². The van der Waals surface area contributed by atoms with E-state index < -0.39 is 0 Å². The second-order valence-electron chi connectivity index (χ2n) is 4.54. The second kappa shape index (κ2) is 8.02. The minimum atomic E-state index is 0. The van der Waals surface area contributed by atoms with Crippen LogP contribution in [0.4, 0.5) is 0 Å². The average molecular weight is 285 g/mol. The van der Waals surface area contributed by atoms with Crippen molar-refractivity contribution in [3.63, 3.8) is 0 Å². The molecule has 5 heteroatoms. The lowest BCUT2D eigenvalue weighted by molar-refractivity contribution is -0.131. The first-order chi connectivity index (χ1) is 8.79. The molecule has 0 aromatic heterocycles. The van der Waals surface area contributed by atoms with E-state index in [4.69, 9.17) is 4.74 Å². The van der Waals surface area contributed by atoms with E-state index in [1.165, 1.54) is 0 Å². The van der Waals surface area contributed by atoms with Crippen molar-refractivity contribution in [2.75, 3.05) is 26.7 Å². The van der Waals surface area contributed by atoms with Crippen molar-refractivity contribution in [3.8, 4) is 5.75 Å².